The maximum atomic E-state index is 2.62. The van der Waals surface area contributed by atoms with Gasteiger partial charge in [-0.25, -0.2) is 0 Å². The Hall–Kier alpha value is -5.02. The number of benzene rings is 6. The fourth-order valence-electron chi connectivity index (χ4n) is 10.5. The van der Waals surface area contributed by atoms with Crippen molar-refractivity contribution in [1.82, 2.24) is 9.13 Å². The Bertz CT molecular complexity index is 3040. The summed E-state index contributed by atoms with van der Waals surface area (Å²) in [5.41, 5.74) is 20.4. The maximum absolute atomic E-state index is 2.62. The van der Waals surface area contributed by atoms with E-state index in [4.69, 9.17) is 0 Å². The molecule has 0 atom stereocenters. The highest BCUT2D eigenvalue weighted by Gasteiger charge is 2.46. The first-order chi connectivity index (χ1) is 27.0. The van der Waals surface area contributed by atoms with Gasteiger partial charge in [0.1, 0.15) is 0 Å². The number of aromatic nitrogens is 2. The second kappa shape index (κ2) is 11.6. The molecule has 0 bridgehead atoms. The third-order valence-corrected chi connectivity index (χ3v) is 14.0. The first-order valence-electron chi connectivity index (χ1n) is 21.6. The summed E-state index contributed by atoms with van der Waals surface area (Å²) in [5, 5.41) is 5.39. The third-order valence-electron chi connectivity index (χ3n) is 14.0. The van der Waals surface area contributed by atoms with Crippen LogP contribution in [-0.2, 0) is 27.1 Å². The lowest BCUT2D eigenvalue weighted by atomic mass is 9.30. The summed E-state index contributed by atoms with van der Waals surface area (Å²) >= 11 is 0. The van der Waals surface area contributed by atoms with Gasteiger partial charge >= 0.3 is 0 Å². The minimum absolute atomic E-state index is 0.0133. The van der Waals surface area contributed by atoms with E-state index in [1.807, 2.05) is 0 Å². The lowest BCUT2D eigenvalue weighted by molar-refractivity contribution is 0.590. The van der Waals surface area contributed by atoms with Crippen LogP contribution >= 0.6 is 0 Å². The van der Waals surface area contributed by atoms with Crippen molar-refractivity contribution in [1.29, 1.82) is 0 Å². The minimum atomic E-state index is -0.222. The summed E-state index contributed by atoms with van der Waals surface area (Å²) in [6, 6.07) is 41.2. The molecule has 2 aliphatic heterocycles. The van der Waals surface area contributed by atoms with E-state index in [0.29, 0.717) is 0 Å². The van der Waals surface area contributed by atoms with Crippen LogP contribution in [0.1, 0.15) is 130 Å². The van der Waals surface area contributed by atoms with Gasteiger partial charge in [0.25, 0.3) is 0 Å². The van der Waals surface area contributed by atoms with Crippen LogP contribution in [0.3, 0.4) is 0 Å². The monoisotopic (exact) mass is 758 g/mol. The van der Waals surface area contributed by atoms with E-state index in [9.17, 15) is 0 Å². The predicted molar refractivity (Wildman–Crippen MR) is 253 cm³/mol. The van der Waals surface area contributed by atoms with Gasteiger partial charge < -0.3 is 9.13 Å². The lowest BCUT2D eigenvalue weighted by Gasteiger charge is -2.42. The van der Waals surface area contributed by atoms with Crippen molar-refractivity contribution in [3.8, 4) is 11.4 Å². The summed E-state index contributed by atoms with van der Waals surface area (Å²) in [5.74, 6) is 0. The molecule has 0 saturated carbocycles. The minimum Gasteiger partial charge on any atom is -0.310 e. The van der Waals surface area contributed by atoms with Gasteiger partial charge in [-0.15, -0.1) is 0 Å². The Morgan fingerprint density at radius 3 is 1.53 bits per heavy atom. The summed E-state index contributed by atoms with van der Waals surface area (Å²) < 4.78 is 5.16. The molecule has 0 aliphatic carbocycles. The SMILES string of the molecule is CC(C)(C)c1ccc(-n2c3ccc(C(C)(C)C)cc3c3cc4c(cc32)C(C)(C)c2cccc3c2B4c2cc(C(C)(C)C)cc4c5cc(C(C)(C)C)ccc5n-3c24)cc1. The number of fused-ring (bicyclic) bond motifs is 10. The van der Waals surface area contributed by atoms with Gasteiger partial charge in [-0.3, -0.25) is 0 Å². The molecule has 0 fully saturated rings. The molecule has 292 valence electrons. The summed E-state index contributed by atoms with van der Waals surface area (Å²) in [7, 11) is 0. The topological polar surface area (TPSA) is 9.86 Å². The van der Waals surface area contributed by atoms with E-state index in [1.54, 1.807) is 0 Å². The Labute approximate surface area is 346 Å². The summed E-state index contributed by atoms with van der Waals surface area (Å²) in [6.45, 7) is 33.1. The first-order valence-corrected chi connectivity index (χ1v) is 21.6. The number of rotatable bonds is 1. The molecular formula is C55H59BN2. The average Bonchev–Trinajstić information content (AvgIpc) is 3.65. The van der Waals surface area contributed by atoms with Crippen LogP contribution in [0, 0.1) is 0 Å². The van der Waals surface area contributed by atoms with E-state index >= 15 is 0 Å². The third kappa shape index (κ3) is 5.17. The lowest BCUT2D eigenvalue weighted by Crippen LogP contribution is -2.63. The highest BCUT2D eigenvalue weighted by atomic mass is 15.0. The van der Waals surface area contributed by atoms with Crippen LogP contribution in [0.25, 0.3) is 55.0 Å². The molecule has 2 aromatic heterocycles. The molecule has 2 aliphatic rings. The summed E-state index contributed by atoms with van der Waals surface area (Å²) in [4.78, 5) is 0. The predicted octanol–water partition coefficient (Wildman–Crippen LogP) is 12.5. The molecule has 0 spiro atoms. The Morgan fingerprint density at radius 1 is 0.431 bits per heavy atom. The van der Waals surface area contributed by atoms with Crippen LogP contribution in [0.2, 0.25) is 0 Å². The summed E-state index contributed by atoms with van der Waals surface area (Å²) in [6.07, 6.45) is 0. The smallest absolute Gasteiger partial charge is 0.247 e. The molecule has 0 unspecified atom stereocenters. The average molecular weight is 759 g/mol. The fourth-order valence-corrected chi connectivity index (χ4v) is 10.5. The van der Waals surface area contributed by atoms with Gasteiger partial charge in [0, 0.05) is 43.9 Å². The van der Waals surface area contributed by atoms with Crippen molar-refractivity contribution >= 4 is 66.7 Å². The number of hydrogen-bond acceptors (Lipinski definition) is 0. The van der Waals surface area contributed by atoms with Crippen LogP contribution in [0.5, 0.6) is 0 Å². The second-order valence-electron chi connectivity index (χ2n) is 22.4. The molecule has 6 aromatic carbocycles. The van der Waals surface area contributed by atoms with E-state index < -0.39 is 0 Å². The molecule has 8 aromatic rings. The number of nitrogens with zero attached hydrogens (tertiary/aromatic N) is 2. The molecule has 58 heavy (non-hydrogen) atoms. The first kappa shape index (κ1) is 37.3. The molecule has 0 radical (unpaired) electrons. The zero-order chi connectivity index (χ0) is 41.2. The zero-order valence-electron chi connectivity index (χ0n) is 37.3. The zero-order valence-corrected chi connectivity index (χ0v) is 37.3. The van der Waals surface area contributed by atoms with Crippen molar-refractivity contribution in [3.63, 3.8) is 0 Å². The van der Waals surface area contributed by atoms with E-state index in [-0.39, 0.29) is 33.8 Å². The molecule has 0 N–H and O–H groups in total. The standard InChI is InChI=1S/C55H59BN2/c1-51(2,3)32-18-22-36(23-19-32)57-45-24-20-33(52(4,5)6)26-37(45)39-30-43-42(31-48(39)57)55(13,14)41-16-15-17-47-49(41)56(43)44-29-35(54(10,11)12)28-40-38-27-34(53(7,8)9)21-25-46(38)58(47)50(40)44/h15-31H,1-14H3. The van der Waals surface area contributed by atoms with Gasteiger partial charge in [0.15, 0.2) is 0 Å². The van der Waals surface area contributed by atoms with E-state index in [1.165, 1.54) is 105 Å². The molecule has 4 heterocycles. The largest absolute Gasteiger partial charge is 0.310 e. The van der Waals surface area contributed by atoms with Gasteiger partial charge in [0.05, 0.1) is 16.6 Å². The highest BCUT2D eigenvalue weighted by Crippen LogP contribution is 2.44. The highest BCUT2D eigenvalue weighted by molar-refractivity contribution is 6.99. The van der Waals surface area contributed by atoms with Crippen LogP contribution < -0.4 is 16.4 Å². The fraction of sp³-hybridized carbons (Fsp3) is 0.345. The Kier molecular flexibility index (Phi) is 7.45. The molecule has 10 rings (SSSR count). The Morgan fingerprint density at radius 2 is 0.948 bits per heavy atom. The van der Waals surface area contributed by atoms with Crippen LogP contribution in [-0.4, -0.2) is 15.8 Å². The molecule has 0 saturated heterocycles. The van der Waals surface area contributed by atoms with Gasteiger partial charge in [-0.05, 0) is 121 Å². The van der Waals surface area contributed by atoms with Crippen molar-refractivity contribution in [2.45, 2.75) is 124 Å². The van der Waals surface area contributed by atoms with Gasteiger partial charge in [-0.1, -0.05) is 151 Å². The Balaban J connectivity index is 1.35. The molecule has 0 amide bonds. The van der Waals surface area contributed by atoms with Crippen LogP contribution in [0.15, 0.2) is 103 Å². The molecule has 3 heteroatoms. The number of hydrogen-bond donors (Lipinski definition) is 0. The van der Waals surface area contributed by atoms with Gasteiger partial charge in [-0.2, -0.15) is 0 Å². The van der Waals surface area contributed by atoms with Crippen molar-refractivity contribution in [2.75, 3.05) is 0 Å². The van der Waals surface area contributed by atoms with Crippen molar-refractivity contribution < 1.29 is 0 Å². The second-order valence-corrected chi connectivity index (χ2v) is 22.4. The van der Waals surface area contributed by atoms with Crippen LogP contribution in [0.4, 0.5) is 0 Å². The van der Waals surface area contributed by atoms with Crippen molar-refractivity contribution in [2.24, 2.45) is 0 Å². The van der Waals surface area contributed by atoms with E-state index in [0.717, 1.165) is 0 Å². The quantitative estimate of drug-likeness (QED) is 0.148. The van der Waals surface area contributed by atoms with Crippen molar-refractivity contribution in [3.05, 3.63) is 137 Å². The molecule has 2 nitrogen and oxygen atoms in total. The maximum Gasteiger partial charge on any atom is 0.247 e. The van der Waals surface area contributed by atoms with Gasteiger partial charge in [0.2, 0.25) is 6.71 Å². The van der Waals surface area contributed by atoms with E-state index in [2.05, 4.69) is 209 Å². The normalized spacial score (nSPS) is 15.2. The molecular weight excluding hydrogens is 699 g/mol.